The largest absolute Gasteiger partial charge is 0.380 e. The number of rotatable bonds is 8. The molecule has 0 aromatic heterocycles. The molecule has 90 valence electrons. The van der Waals surface area contributed by atoms with Gasteiger partial charge in [-0.15, -0.1) is 0 Å². The standard InChI is InChI=1S/C11H24N2OS/c1-4-5-6-7-8-12-11(15)13-9-10(2)14-3/h10H,4-9H2,1-3H3,(H2,12,13,15). The average Bonchev–Trinajstić information content (AvgIpc) is 2.25. The molecule has 0 saturated carbocycles. The van der Waals surface area contributed by atoms with Crippen molar-refractivity contribution in [3.8, 4) is 0 Å². The number of hydrogen-bond acceptors (Lipinski definition) is 2. The summed E-state index contributed by atoms with van der Waals surface area (Å²) in [7, 11) is 1.70. The van der Waals surface area contributed by atoms with Crippen molar-refractivity contribution in [3.05, 3.63) is 0 Å². The lowest BCUT2D eigenvalue weighted by Crippen LogP contribution is -2.39. The van der Waals surface area contributed by atoms with Crippen LogP contribution in [0.15, 0.2) is 0 Å². The Hall–Kier alpha value is -0.350. The first kappa shape index (κ1) is 14.6. The van der Waals surface area contributed by atoms with Gasteiger partial charge in [0.1, 0.15) is 0 Å². The molecule has 0 radical (unpaired) electrons. The molecule has 0 aromatic rings. The molecule has 0 aliphatic heterocycles. The summed E-state index contributed by atoms with van der Waals surface area (Å²) in [5, 5.41) is 7.04. The highest BCUT2D eigenvalue weighted by Crippen LogP contribution is 1.96. The third kappa shape index (κ3) is 9.94. The molecular weight excluding hydrogens is 208 g/mol. The maximum atomic E-state index is 5.12. The fourth-order valence-electron chi connectivity index (χ4n) is 1.14. The van der Waals surface area contributed by atoms with Gasteiger partial charge in [0.05, 0.1) is 6.10 Å². The first-order valence-corrected chi connectivity index (χ1v) is 6.16. The molecule has 1 unspecified atom stereocenters. The number of nitrogens with one attached hydrogen (secondary N) is 2. The van der Waals surface area contributed by atoms with E-state index >= 15 is 0 Å². The number of hydrogen-bond donors (Lipinski definition) is 2. The van der Waals surface area contributed by atoms with Crippen LogP contribution in [0, 0.1) is 0 Å². The van der Waals surface area contributed by atoms with E-state index in [1.807, 2.05) is 6.92 Å². The lowest BCUT2D eigenvalue weighted by molar-refractivity contribution is 0.121. The molecule has 0 rings (SSSR count). The van der Waals surface area contributed by atoms with E-state index in [9.17, 15) is 0 Å². The van der Waals surface area contributed by atoms with Crippen LogP contribution in [0.2, 0.25) is 0 Å². The van der Waals surface area contributed by atoms with Crippen LogP contribution < -0.4 is 10.6 Å². The van der Waals surface area contributed by atoms with E-state index in [2.05, 4.69) is 17.6 Å². The summed E-state index contributed by atoms with van der Waals surface area (Å²) in [4.78, 5) is 0. The zero-order valence-corrected chi connectivity index (χ0v) is 11.0. The number of thiocarbonyl (C=S) groups is 1. The molecule has 2 N–H and O–H groups in total. The molecule has 1 atom stereocenters. The Morgan fingerprint density at radius 3 is 2.60 bits per heavy atom. The van der Waals surface area contributed by atoms with Gasteiger partial charge in [-0.05, 0) is 25.6 Å². The highest BCUT2D eigenvalue weighted by Gasteiger charge is 1.99. The van der Waals surface area contributed by atoms with Gasteiger partial charge in [0.25, 0.3) is 0 Å². The zero-order chi connectivity index (χ0) is 11.5. The Balaban J connectivity index is 3.26. The fourth-order valence-corrected chi connectivity index (χ4v) is 1.32. The van der Waals surface area contributed by atoms with Crippen molar-refractivity contribution in [1.82, 2.24) is 10.6 Å². The summed E-state index contributed by atoms with van der Waals surface area (Å²) in [6, 6.07) is 0. The summed E-state index contributed by atoms with van der Waals surface area (Å²) in [6.07, 6.45) is 5.25. The smallest absolute Gasteiger partial charge is 0.166 e. The van der Waals surface area contributed by atoms with Crippen molar-refractivity contribution in [3.63, 3.8) is 0 Å². The van der Waals surface area contributed by atoms with Crippen LogP contribution in [0.5, 0.6) is 0 Å². The molecule has 0 aliphatic carbocycles. The quantitative estimate of drug-likeness (QED) is 0.496. The Labute approximate surface area is 99.0 Å². The van der Waals surface area contributed by atoms with Gasteiger partial charge in [0.15, 0.2) is 5.11 Å². The molecule has 15 heavy (non-hydrogen) atoms. The Morgan fingerprint density at radius 1 is 1.27 bits per heavy atom. The van der Waals surface area contributed by atoms with Crippen molar-refractivity contribution < 1.29 is 4.74 Å². The second-order valence-electron chi connectivity index (χ2n) is 3.74. The van der Waals surface area contributed by atoms with Crippen molar-refractivity contribution in [2.75, 3.05) is 20.2 Å². The second-order valence-corrected chi connectivity index (χ2v) is 4.15. The molecule has 0 spiro atoms. The normalized spacial score (nSPS) is 12.2. The van der Waals surface area contributed by atoms with Crippen LogP contribution >= 0.6 is 12.2 Å². The first-order valence-electron chi connectivity index (χ1n) is 5.75. The highest BCUT2D eigenvalue weighted by molar-refractivity contribution is 7.80. The SMILES string of the molecule is CCCCCCNC(=S)NCC(C)OC. The second kappa shape index (κ2) is 10.2. The monoisotopic (exact) mass is 232 g/mol. The lowest BCUT2D eigenvalue weighted by atomic mass is 10.2. The molecule has 0 aromatic carbocycles. The maximum Gasteiger partial charge on any atom is 0.166 e. The third-order valence-electron chi connectivity index (χ3n) is 2.27. The van der Waals surface area contributed by atoms with Crippen LogP contribution in [-0.4, -0.2) is 31.4 Å². The lowest BCUT2D eigenvalue weighted by Gasteiger charge is -2.13. The average molecular weight is 232 g/mol. The molecule has 0 amide bonds. The van der Waals surface area contributed by atoms with Gasteiger partial charge in [0, 0.05) is 20.2 Å². The van der Waals surface area contributed by atoms with E-state index in [1.165, 1.54) is 25.7 Å². The van der Waals surface area contributed by atoms with E-state index < -0.39 is 0 Å². The number of unbranched alkanes of at least 4 members (excludes halogenated alkanes) is 3. The van der Waals surface area contributed by atoms with Gasteiger partial charge >= 0.3 is 0 Å². The summed E-state index contributed by atoms with van der Waals surface area (Å²) >= 11 is 5.12. The minimum absolute atomic E-state index is 0.199. The Morgan fingerprint density at radius 2 is 2.00 bits per heavy atom. The zero-order valence-electron chi connectivity index (χ0n) is 10.1. The van der Waals surface area contributed by atoms with E-state index in [1.54, 1.807) is 7.11 Å². The summed E-state index contributed by atoms with van der Waals surface area (Å²) in [5.41, 5.74) is 0. The van der Waals surface area contributed by atoms with E-state index in [0.717, 1.165) is 18.2 Å². The highest BCUT2D eigenvalue weighted by atomic mass is 32.1. The van der Waals surface area contributed by atoms with E-state index in [4.69, 9.17) is 17.0 Å². The summed E-state index contributed by atoms with van der Waals surface area (Å²) in [5.74, 6) is 0. The van der Waals surface area contributed by atoms with E-state index in [-0.39, 0.29) is 6.10 Å². The molecule has 0 bridgehead atoms. The van der Waals surface area contributed by atoms with Gasteiger partial charge in [-0.2, -0.15) is 0 Å². The first-order chi connectivity index (χ1) is 7.20. The number of ether oxygens (including phenoxy) is 1. The van der Waals surface area contributed by atoms with Crippen LogP contribution in [-0.2, 0) is 4.74 Å². The molecule has 3 nitrogen and oxygen atoms in total. The van der Waals surface area contributed by atoms with Gasteiger partial charge in [-0.3, -0.25) is 0 Å². The molecule has 4 heteroatoms. The topological polar surface area (TPSA) is 33.3 Å². The van der Waals surface area contributed by atoms with Crippen molar-refractivity contribution in [2.45, 2.75) is 45.6 Å². The maximum absolute atomic E-state index is 5.12. The van der Waals surface area contributed by atoms with E-state index in [0.29, 0.717) is 0 Å². The Kier molecular flexibility index (Phi) is 9.94. The van der Waals surface area contributed by atoms with Crippen molar-refractivity contribution in [2.24, 2.45) is 0 Å². The minimum atomic E-state index is 0.199. The van der Waals surface area contributed by atoms with Crippen LogP contribution in [0.3, 0.4) is 0 Å². The molecule has 0 saturated heterocycles. The van der Waals surface area contributed by atoms with Crippen LogP contribution in [0.1, 0.15) is 39.5 Å². The predicted molar refractivity (Wildman–Crippen MR) is 69.2 cm³/mol. The Bertz CT molecular complexity index is 165. The van der Waals surface area contributed by atoms with Crippen LogP contribution in [0.4, 0.5) is 0 Å². The number of methoxy groups -OCH3 is 1. The third-order valence-corrected chi connectivity index (χ3v) is 2.56. The molecule has 0 heterocycles. The molecular formula is C11H24N2OS. The van der Waals surface area contributed by atoms with Crippen LogP contribution in [0.25, 0.3) is 0 Å². The van der Waals surface area contributed by atoms with Gasteiger partial charge in [0.2, 0.25) is 0 Å². The van der Waals surface area contributed by atoms with Gasteiger partial charge in [-0.1, -0.05) is 26.2 Å². The fraction of sp³-hybridized carbons (Fsp3) is 0.909. The molecule has 0 aliphatic rings. The predicted octanol–water partition coefficient (Wildman–Crippen LogP) is 2.07. The van der Waals surface area contributed by atoms with Crippen molar-refractivity contribution in [1.29, 1.82) is 0 Å². The van der Waals surface area contributed by atoms with Gasteiger partial charge in [-0.25, -0.2) is 0 Å². The molecule has 0 fully saturated rings. The minimum Gasteiger partial charge on any atom is -0.380 e. The summed E-state index contributed by atoms with van der Waals surface area (Å²) in [6.45, 7) is 5.95. The summed E-state index contributed by atoms with van der Waals surface area (Å²) < 4.78 is 5.11. The van der Waals surface area contributed by atoms with Crippen molar-refractivity contribution >= 4 is 17.3 Å². The van der Waals surface area contributed by atoms with Gasteiger partial charge < -0.3 is 15.4 Å².